The lowest BCUT2D eigenvalue weighted by atomic mass is 10.1. The van der Waals surface area contributed by atoms with E-state index in [0.29, 0.717) is 6.04 Å². The van der Waals surface area contributed by atoms with Gasteiger partial charge in [0.1, 0.15) is 0 Å². The van der Waals surface area contributed by atoms with Crippen molar-refractivity contribution in [1.29, 1.82) is 0 Å². The molecule has 2 aromatic rings. The predicted octanol–water partition coefficient (Wildman–Crippen LogP) is 5.43. The maximum atomic E-state index is 3.55. The van der Waals surface area contributed by atoms with Gasteiger partial charge < -0.3 is 5.32 Å². The van der Waals surface area contributed by atoms with Crippen LogP contribution in [-0.4, -0.2) is 6.54 Å². The second kappa shape index (κ2) is 7.61. The molecule has 1 heterocycles. The maximum Gasteiger partial charge on any atom is 0.0412 e. The highest BCUT2D eigenvalue weighted by Gasteiger charge is 2.11. The van der Waals surface area contributed by atoms with Gasteiger partial charge in [0.15, 0.2) is 0 Å². The molecule has 1 aromatic heterocycles. The summed E-state index contributed by atoms with van der Waals surface area (Å²) in [4.78, 5) is 2.82. The summed E-state index contributed by atoms with van der Waals surface area (Å²) in [7, 11) is 0. The van der Waals surface area contributed by atoms with Crippen LogP contribution in [0.2, 0.25) is 0 Å². The van der Waals surface area contributed by atoms with E-state index in [4.69, 9.17) is 0 Å². The van der Waals surface area contributed by atoms with Gasteiger partial charge in [0, 0.05) is 15.8 Å². The van der Waals surface area contributed by atoms with Crippen molar-refractivity contribution in [2.24, 2.45) is 0 Å². The number of thiophene rings is 1. The zero-order valence-corrected chi connectivity index (χ0v) is 13.6. The topological polar surface area (TPSA) is 12.0 Å². The summed E-state index contributed by atoms with van der Waals surface area (Å²) < 4.78 is 0. The van der Waals surface area contributed by atoms with Gasteiger partial charge in [0.05, 0.1) is 0 Å². The van der Waals surface area contributed by atoms with Crippen LogP contribution in [0.3, 0.4) is 0 Å². The van der Waals surface area contributed by atoms with Gasteiger partial charge in [0.2, 0.25) is 0 Å². The Morgan fingerprint density at radius 1 is 1.00 bits per heavy atom. The zero-order chi connectivity index (χ0) is 14.4. The molecule has 0 aliphatic rings. The predicted molar refractivity (Wildman–Crippen MR) is 90.5 cm³/mol. The van der Waals surface area contributed by atoms with Crippen molar-refractivity contribution in [3.05, 3.63) is 46.8 Å². The van der Waals surface area contributed by atoms with E-state index in [-0.39, 0.29) is 0 Å². The molecule has 0 amide bonds. The van der Waals surface area contributed by atoms with Crippen LogP contribution in [0.5, 0.6) is 0 Å². The molecule has 2 rings (SSSR count). The van der Waals surface area contributed by atoms with Gasteiger partial charge >= 0.3 is 0 Å². The van der Waals surface area contributed by atoms with Crippen LogP contribution in [-0.2, 0) is 6.42 Å². The zero-order valence-electron chi connectivity index (χ0n) is 12.8. The summed E-state index contributed by atoms with van der Waals surface area (Å²) >= 11 is 1.92. The third-order valence-corrected chi connectivity index (χ3v) is 4.85. The van der Waals surface area contributed by atoms with Gasteiger partial charge in [-0.05, 0) is 42.6 Å². The standard InChI is InChI=1S/C18H25NS/c1-4-7-14-8-10-15(11-9-14)17-12-13-18(20-17)16(5-2)19-6-3/h8-13,16,19H,4-7H2,1-3H3. The van der Waals surface area contributed by atoms with Crippen molar-refractivity contribution in [2.45, 2.75) is 46.1 Å². The molecule has 0 fully saturated rings. The van der Waals surface area contributed by atoms with Gasteiger partial charge in [0.25, 0.3) is 0 Å². The highest BCUT2D eigenvalue weighted by Crippen LogP contribution is 2.32. The Balaban J connectivity index is 2.15. The van der Waals surface area contributed by atoms with Gasteiger partial charge in [-0.3, -0.25) is 0 Å². The first kappa shape index (κ1) is 15.3. The third-order valence-electron chi connectivity index (χ3n) is 3.61. The third kappa shape index (κ3) is 3.71. The Labute approximate surface area is 127 Å². The average Bonchev–Trinajstić information content (AvgIpc) is 2.95. The first-order valence-corrected chi connectivity index (χ1v) is 8.52. The second-order valence-electron chi connectivity index (χ2n) is 5.17. The Bertz CT molecular complexity index is 512. The molecule has 1 N–H and O–H groups in total. The SMILES string of the molecule is CCCc1ccc(-c2ccc(C(CC)NCC)s2)cc1. The number of benzene rings is 1. The molecule has 0 radical (unpaired) electrons. The number of rotatable bonds is 7. The monoisotopic (exact) mass is 287 g/mol. The summed E-state index contributed by atoms with van der Waals surface area (Å²) in [5.41, 5.74) is 2.78. The molecular weight excluding hydrogens is 262 g/mol. The summed E-state index contributed by atoms with van der Waals surface area (Å²) in [6.07, 6.45) is 3.53. The number of hydrogen-bond donors (Lipinski definition) is 1. The Morgan fingerprint density at radius 3 is 2.35 bits per heavy atom. The Morgan fingerprint density at radius 2 is 1.75 bits per heavy atom. The van der Waals surface area contributed by atoms with Crippen molar-refractivity contribution < 1.29 is 0 Å². The van der Waals surface area contributed by atoms with E-state index < -0.39 is 0 Å². The average molecular weight is 287 g/mol. The molecule has 1 nitrogen and oxygen atoms in total. The van der Waals surface area contributed by atoms with Crippen LogP contribution in [0.1, 0.15) is 50.1 Å². The van der Waals surface area contributed by atoms with E-state index in [1.54, 1.807) is 0 Å². The summed E-state index contributed by atoms with van der Waals surface area (Å²) in [5, 5.41) is 3.55. The summed E-state index contributed by atoms with van der Waals surface area (Å²) in [6, 6.07) is 14.1. The van der Waals surface area contributed by atoms with Gasteiger partial charge in [-0.1, -0.05) is 51.5 Å². The van der Waals surface area contributed by atoms with E-state index in [2.05, 4.69) is 62.5 Å². The van der Waals surface area contributed by atoms with Crippen LogP contribution < -0.4 is 5.32 Å². The van der Waals surface area contributed by atoms with Crippen LogP contribution in [0.25, 0.3) is 10.4 Å². The first-order valence-electron chi connectivity index (χ1n) is 7.70. The normalized spacial score (nSPS) is 12.6. The molecule has 0 saturated heterocycles. The number of nitrogens with one attached hydrogen (secondary N) is 1. The highest BCUT2D eigenvalue weighted by atomic mass is 32.1. The van der Waals surface area contributed by atoms with Crippen LogP contribution >= 0.6 is 11.3 Å². The summed E-state index contributed by atoms with van der Waals surface area (Å²) in [5.74, 6) is 0. The van der Waals surface area contributed by atoms with E-state index in [0.717, 1.165) is 13.0 Å². The maximum absolute atomic E-state index is 3.55. The van der Waals surface area contributed by atoms with Crippen molar-refractivity contribution in [1.82, 2.24) is 5.32 Å². The number of hydrogen-bond acceptors (Lipinski definition) is 2. The minimum absolute atomic E-state index is 0.498. The van der Waals surface area contributed by atoms with Crippen molar-refractivity contribution in [2.75, 3.05) is 6.54 Å². The van der Waals surface area contributed by atoms with Gasteiger partial charge in [-0.2, -0.15) is 0 Å². The molecule has 108 valence electrons. The summed E-state index contributed by atoms with van der Waals surface area (Å²) in [6.45, 7) is 7.67. The van der Waals surface area contributed by atoms with E-state index in [9.17, 15) is 0 Å². The molecule has 0 aliphatic heterocycles. The number of aryl methyl sites for hydroxylation is 1. The molecule has 0 spiro atoms. The minimum Gasteiger partial charge on any atom is -0.310 e. The molecule has 1 unspecified atom stereocenters. The molecule has 0 bridgehead atoms. The largest absolute Gasteiger partial charge is 0.310 e. The Kier molecular flexibility index (Phi) is 5.81. The lowest BCUT2D eigenvalue weighted by Gasteiger charge is -2.13. The lowest BCUT2D eigenvalue weighted by Crippen LogP contribution is -2.18. The Hall–Kier alpha value is -1.12. The van der Waals surface area contributed by atoms with E-state index in [1.165, 1.54) is 33.7 Å². The fourth-order valence-corrected chi connectivity index (χ4v) is 3.68. The molecule has 1 atom stereocenters. The quantitative estimate of drug-likeness (QED) is 0.716. The van der Waals surface area contributed by atoms with Crippen LogP contribution in [0.4, 0.5) is 0 Å². The van der Waals surface area contributed by atoms with Crippen molar-refractivity contribution >= 4 is 11.3 Å². The highest BCUT2D eigenvalue weighted by molar-refractivity contribution is 7.15. The second-order valence-corrected chi connectivity index (χ2v) is 6.28. The first-order chi connectivity index (χ1) is 9.78. The molecular formula is C18H25NS. The van der Waals surface area contributed by atoms with Gasteiger partial charge in [-0.15, -0.1) is 11.3 Å². The molecule has 0 saturated carbocycles. The minimum atomic E-state index is 0.498. The fraction of sp³-hybridized carbons (Fsp3) is 0.444. The van der Waals surface area contributed by atoms with E-state index in [1.807, 2.05) is 11.3 Å². The van der Waals surface area contributed by atoms with E-state index >= 15 is 0 Å². The fourth-order valence-electron chi connectivity index (χ4n) is 2.51. The molecule has 1 aromatic carbocycles. The van der Waals surface area contributed by atoms with Crippen LogP contribution in [0.15, 0.2) is 36.4 Å². The molecule has 0 aliphatic carbocycles. The van der Waals surface area contributed by atoms with Crippen molar-refractivity contribution in [3.63, 3.8) is 0 Å². The smallest absolute Gasteiger partial charge is 0.0412 e. The lowest BCUT2D eigenvalue weighted by molar-refractivity contribution is 0.545. The molecule has 2 heteroatoms. The van der Waals surface area contributed by atoms with Crippen molar-refractivity contribution in [3.8, 4) is 10.4 Å². The van der Waals surface area contributed by atoms with Crippen LogP contribution in [0, 0.1) is 0 Å². The van der Waals surface area contributed by atoms with Gasteiger partial charge in [-0.25, -0.2) is 0 Å². The molecule has 20 heavy (non-hydrogen) atoms.